The lowest BCUT2D eigenvalue weighted by Gasteiger charge is -2.40. The summed E-state index contributed by atoms with van der Waals surface area (Å²) in [5, 5.41) is 0. The molecule has 1 fully saturated rings. The van der Waals surface area contributed by atoms with Crippen molar-refractivity contribution < 1.29 is 4.79 Å². The fourth-order valence-corrected chi connectivity index (χ4v) is 3.86. The molecule has 0 spiro atoms. The molecule has 1 heterocycles. The maximum absolute atomic E-state index is 13.0. The maximum Gasteiger partial charge on any atom is 0.170 e. The molecule has 1 saturated heterocycles. The van der Waals surface area contributed by atoms with E-state index in [0.29, 0.717) is 5.78 Å². The van der Waals surface area contributed by atoms with Crippen LogP contribution in [0.25, 0.3) is 0 Å². The van der Waals surface area contributed by atoms with Gasteiger partial charge in [-0.15, -0.1) is 0 Å². The Morgan fingerprint density at radius 2 is 2.00 bits per heavy atom. The number of ketones is 1. The highest BCUT2D eigenvalue weighted by atomic mass is 16.1. The molecule has 3 rings (SSSR count). The quantitative estimate of drug-likeness (QED) is 0.822. The van der Waals surface area contributed by atoms with Gasteiger partial charge in [0.25, 0.3) is 0 Å². The second-order valence-electron chi connectivity index (χ2n) is 7.51. The minimum atomic E-state index is -0.192. The Morgan fingerprint density at radius 3 is 2.71 bits per heavy atom. The maximum atomic E-state index is 13.0. The van der Waals surface area contributed by atoms with E-state index in [4.69, 9.17) is 0 Å². The van der Waals surface area contributed by atoms with E-state index >= 15 is 0 Å². The summed E-state index contributed by atoms with van der Waals surface area (Å²) < 4.78 is 0. The number of carbonyl (C=O) groups excluding carboxylic acids is 1. The third kappa shape index (κ3) is 2.91. The molecule has 1 aromatic rings. The minimum absolute atomic E-state index is 0.192. The molecule has 0 saturated carbocycles. The number of fused-ring (bicyclic) bond motifs is 1. The lowest BCUT2D eigenvalue weighted by Crippen LogP contribution is -2.46. The molecular formula is C19H27NO. The summed E-state index contributed by atoms with van der Waals surface area (Å²) in [6.45, 7) is 9.87. The van der Waals surface area contributed by atoms with E-state index in [2.05, 4.69) is 37.8 Å². The van der Waals surface area contributed by atoms with Crippen LogP contribution in [0.3, 0.4) is 0 Å². The van der Waals surface area contributed by atoms with Crippen LogP contribution in [0.15, 0.2) is 18.2 Å². The first-order valence-electron chi connectivity index (χ1n) is 8.35. The molecule has 0 bridgehead atoms. The molecule has 1 atom stereocenters. The fraction of sp³-hybridized carbons (Fsp3) is 0.632. The van der Waals surface area contributed by atoms with Gasteiger partial charge in [-0.05, 0) is 57.2 Å². The number of aryl methyl sites for hydroxylation is 2. The summed E-state index contributed by atoms with van der Waals surface area (Å²) in [4.78, 5) is 15.5. The molecule has 114 valence electrons. The summed E-state index contributed by atoms with van der Waals surface area (Å²) >= 11 is 0. The van der Waals surface area contributed by atoms with Crippen molar-refractivity contribution in [2.45, 2.75) is 46.5 Å². The zero-order valence-electron chi connectivity index (χ0n) is 13.6. The van der Waals surface area contributed by atoms with Gasteiger partial charge in [-0.3, -0.25) is 4.79 Å². The number of rotatable bonds is 2. The number of piperidine rings is 1. The lowest BCUT2D eigenvalue weighted by molar-refractivity contribution is 0.0645. The van der Waals surface area contributed by atoms with Gasteiger partial charge < -0.3 is 4.90 Å². The van der Waals surface area contributed by atoms with Gasteiger partial charge in [-0.1, -0.05) is 37.6 Å². The Bertz CT molecular complexity index is 542. The molecule has 2 heteroatoms. The molecule has 2 aliphatic rings. The Balaban J connectivity index is 1.76. The zero-order chi connectivity index (χ0) is 15.0. The van der Waals surface area contributed by atoms with E-state index < -0.39 is 0 Å². The summed E-state index contributed by atoms with van der Waals surface area (Å²) in [7, 11) is 0. The van der Waals surface area contributed by atoms with Crippen LogP contribution in [-0.2, 0) is 6.42 Å². The second kappa shape index (κ2) is 5.57. The molecular weight excluding hydrogens is 258 g/mol. The number of nitrogens with zero attached hydrogens (tertiary/aromatic N) is 1. The van der Waals surface area contributed by atoms with Gasteiger partial charge >= 0.3 is 0 Å². The number of likely N-dealkylation sites (tertiary alicyclic amines) is 1. The number of Topliss-reactive ketones (excluding diaryl/α,β-unsaturated/α-hetero) is 1. The SMILES string of the molecule is Cc1ccc2c(c1)CCC(C)(CN1CCC(C)CC1)C2=O. The fourth-order valence-electron chi connectivity index (χ4n) is 3.86. The van der Waals surface area contributed by atoms with Crippen LogP contribution in [-0.4, -0.2) is 30.3 Å². The number of benzene rings is 1. The van der Waals surface area contributed by atoms with E-state index in [0.717, 1.165) is 44.0 Å². The van der Waals surface area contributed by atoms with Gasteiger partial charge in [-0.25, -0.2) is 0 Å². The third-order valence-corrected chi connectivity index (χ3v) is 5.45. The van der Waals surface area contributed by atoms with Crippen molar-refractivity contribution in [2.24, 2.45) is 11.3 Å². The first kappa shape index (κ1) is 14.8. The van der Waals surface area contributed by atoms with Gasteiger partial charge in [0.2, 0.25) is 0 Å². The van der Waals surface area contributed by atoms with Crippen molar-refractivity contribution >= 4 is 5.78 Å². The van der Waals surface area contributed by atoms with Crippen molar-refractivity contribution in [1.29, 1.82) is 0 Å². The first-order valence-corrected chi connectivity index (χ1v) is 8.35. The Kier molecular flexibility index (Phi) is 3.92. The minimum Gasteiger partial charge on any atom is -0.302 e. The van der Waals surface area contributed by atoms with Crippen LogP contribution in [0, 0.1) is 18.3 Å². The molecule has 1 unspecified atom stereocenters. The summed E-state index contributed by atoms with van der Waals surface area (Å²) in [6, 6.07) is 6.31. The van der Waals surface area contributed by atoms with Gasteiger partial charge in [0, 0.05) is 17.5 Å². The molecule has 0 radical (unpaired) electrons. The normalized spacial score (nSPS) is 27.7. The zero-order valence-corrected chi connectivity index (χ0v) is 13.6. The largest absolute Gasteiger partial charge is 0.302 e. The number of hydrogen-bond acceptors (Lipinski definition) is 2. The van der Waals surface area contributed by atoms with E-state index in [9.17, 15) is 4.79 Å². The number of hydrogen-bond donors (Lipinski definition) is 0. The predicted octanol–water partition coefficient (Wildman–Crippen LogP) is 3.86. The van der Waals surface area contributed by atoms with E-state index in [1.54, 1.807) is 0 Å². The van der Waals surface area contributed by atoms with Gasteiger partial charge in [0.15, 0.2) is 5.78 Å². The van der Waals surface area contributed by atoms with Gasteiger partial charge in [0.05, 0.1) is 0 Å². The van der Waals surface area contributed by atoms with E-state index in [1.165, 1.54) is 24.0 Å². The predicted molar refractivity (Wildman–Crippen MR) is 86.8 cm³/mol. The Hall–Kier alpha value is -1.15. The Morgan fingerprint density at radius 1 is 1.29 bits per heavy atom. The lowest BCUT2D eigenvalue weighted by atomic mass is 9.71. The van der Waals surface area contributed by atoms with Gasteiger partial charge in [0.1, 0.15) is 0 Å². The van der Waals surface area contributed by atoms with Crippen molar-refractivity contribution in [3.8, 4) is 0 Å². The number of carbonyl (C=O) groups is 1. The van der Waals surface area contributed by atoms with E-state index in [-0.39, 0.29) is 5.41 Å². The summed E-state index contributed by atoms with van der Waals surface area (Å²) in [6.07, 6.45) is 4.60. The van der Waals surface area contributed by atoms with E-state index in [1.807, 2.05) is 6.07 Å². The van der Waals surface area contributed by atoms with Crippen LogP contribution in [0.4, 0.5) is 0 Å². The molecule has 2 nitrogen and oxygen atoms in total. The standard InChI is InChI=1S/C19H27NO/c1-14-7-10-20(11-8-14)13-19(3)9-6-16-12-15(2)4-5-17(16)18(19)21/h4-5,12,14H,6-11,13H2,1-3H3. The summed E-state index contributed by atoms with van der Waals surface area (Å²) in [5.41, 5.74) is 3.29. The Labute approximate surface area is 128 Å². The molecule has 21 heavy (non-hydrogen) atoms. The highest BCUT2D eigenvalue weighted by Gasteiger charge is 2.39. The van der Waals surface area contributed by atoms with Crippen LogP contribution in [0.1, 0.15) is 54.6 Å². The van der Waals surface area contributed by atoms with Gasteiger partial charge in [-0.2, -0.15) is 0 Å². The molecule has 0 N–H and O–H groups in total. The van der Waals surface area contributed by atoms with Crippen molar-refractivity contribution in [1.82, 2.24) is 4.90 Å². The average molecular weight is 285 g/mol. The average Bonchev–Trinajstić information content (AvgIpc) is 2.46. The third-order valence-electron chi connectivity index (χ3n) is 5.45. The molecule has 0 aromatic heterocycles. The highest BCUT2D eigenvalue weighted by molar-refractivity contribution is 6.02. The smallest absolute Gasteiger partial charge is 0.170 e. The molecule has 1 aromatic carbocycles. The van der Waals surface area contributed by atoms with Crippen LogP contribution in [0.2, 0.25) is 0 Å². The van der Waals surface area contributed by atoms with Crippen LogP contribution >= 0.6 is 0 Å². The van der Waals surface area contributed by atoms with Crippen LogP contribution in [0.5, 0.6) is 0 Å². The van der Waals surface area contributed by atoms with Crippen LogP contribution < -0.4 is 0 Å². The monoisotopic (exact) mass is 285 g/mol. The second-order valence-corrected chi connectivity index (χ2v) is 7.51. The molecule has 1 aliphatic heterocycles. The summed E-state index contributed by atoms with van der Waals surface area (Å²) in [5.74, 6) is 1.21. The van der Waals surface area contributed by atoms with Crippen molar-refractivity contribution in [3.63, 3.8) is 0 Å². The molecule has 1 aliphatic carbocycles. The van der Waals surface area contributed by atoms with Crippen molar-refractivity contribution in [3.05, 3.63) is 34.9 Å². The molecule has 0 amide bonds. The first-order chi connectivity index (χ1) is 9.98. The topological polar surface area (TPSA) is 20.3 Å². The highest BCUT2D eigenvalue weighted by Crippen LogP contribution is 2.37. The van der Waals surface area contributed by atoms with Crippen molar-refractivity contribution in [2.75, 3.05) is 19.6 Å².